The number of rotatable bonds is 15. The zero-order chi connectivity index (χ0) is 58.7. The van der Waals surface area contributed by atoms with Crippen LogP contribution in [0.15, 0.2) is 64.7 Å². The van der Waals surface area contributed by atoms with Crippen molar-refractivity contribution in [1.82, 2.24) is 0 Å². The topological polar surface area (TPSA) is 329 Å². The van der Waals surface area contributed by atoms with Gasteiger partial charge in [0, 0.05) is 74.8 Å². The number of hydrogen-bond donors (Lipinski definition) is 12. The maximum atomic E-state index is 13.6. The van der Waals surface area contributed by atoms with Crippen molar-refractivity contribution in [3.8, 4) is 0 Å². The molecule has 14 N–H and O–H groups in total. The lowest BCUT2D eigenvalue weighted by molar-refractivity contribution is -0.333. The van der Waals surface area contributed by atoms with Gasteiger partial charge in [0.05, 0.1) is 54.9 Å². The van der Waals surface area contributed by atoms with Crippen molar-refractivity contribution in [2.24, 2.45) is 52.0 Å². The van der Waals surface area contributed by atoms with Crippen molar-refractivity contribution >= 4 is 17.9 Å². The zero-order valence-corrected chi connectivity index (χ0v) is 48.6. The first-order valence-electron chi connectivity index (χ1n) is 29.0. The van der Waals surface area contributed by atoms with Gasteiger partial charge in [-0.05, 0) is 95.0 Å². The van der Waals surface area contributed by atoms with Gasteiger partial charge in [-0.3, -0.25) is 9.79 Å². The third-order valence-corrected chi connectivity index (χ3v) is 15.6. The second-order valence-electron chi connectivity index (χ2n) is 23.4. The molecule has 1 saturated heterocycles. The third kappa shape index (κ3) is 27.3. The number of aliphatic hydroxyl groups excluding tert-OH is 9. The minimum atomic E-state index is -2.43. The number of guanidine groups is 1. The number of cyclic esters (lactones) is 1. The average Bonchev–Trinajstić information content (AvgIpc) is 3.36. The molecule has 2 aliphatic rings. The van der Waals surface area contributed by atoms with Crippen molar-refractivity contribution in [2.45, 2.75) is 257 Å². The Hall–Kier alpha value is -3.53. The number of carbonyl (C=O) groups excluding carboxylic acids is 2. The van der Waals surface area contributed by atoms with Gasteiger partial charge in [0.2, 0.25) is 0 Å². The standard InChI is InChI=1S/C60H105N3O15/c1-37(2)20-15-16-26-55(72)76-47-31-45(64)30-46(65)32-50(67)38(3)22-18-24-42(7)56(41(6)21-14-12-10-11-13-17-29-63-59(61)62)77-58(74)43(8)25-19-23-39(4)51(68)35-52(69)44(9)49(66)28-27-40(5)54(71)36-60(75)57(73)53(70)34-48(33-47)78-60/h10-11,18-19,22-25,37,39-42,44-54,56-57,64-71,73,75H,12-17,20-21,26-36H2,1-9H3,(H4,61,62,63)/b11-10+,23-19-,24-18-,38-22-,43-25-/t39-,40-,41-,42+,44-,45+,46+,47-,48-,49+,50-,51-,52-,53+,54-,56-,57-,60+/m0/s1. The first-order chi connectivity index (χ1) is 36.6. The molecule has 2 aliphatic heterocycles. The van der Waals surface area contributed by atoms with Crippen molar-refractivity contribution in [3.05, 3.63) is 59.8 Å². The maximum Gasteiger partial charge on any atom is 0.334 e. The fourth-order valence-electron chi connectivity index (χ4n) is 10.1. The Morgan fingerprint density at radius 1 is 0.744 bits per heavy atom. The Morgan fingerprint density at radius 2 is 1.38 bits per heavy atom. The second-order valence-corrected chi connectivity index (χ2v) is 23.4. The van der Waals surface area contributed by atoms with Crippen molar-refractivity contribution in [1.29, 1.82) is 0 Å². The molecule has 2 heterocycles. The lowest BCUT2D eigenvalue weighted by Crippen LogP contribution is -2.60. The molecule has 18 nitrogen and oxygen atoms in total. The fraction of sp³-hybridized carbons (Fsp3) is 0.783. The number of unbranched alkanes of at least 4 members (excludes halogenated alkanes) is 3. The highest BCUT2D eigenvalue weighted by molar-refractivity contribution is 5.88. The van der Waals surface area contributed by atoms with E-state index in [4.69, 9.17) is 25.7 Å². The van der Waals surface area contributed by atoms with Crippen molar-refractivity contribution < 1.29 is 74.9 Å². The van der Waals surface area contributed by atoms with Crippen LogP contribution in [0.25, 0.3) is 0 Å². The highest BCUT2D eigenvalue weighted by atomic mass is 16.7. The van der Waals surface area contributed by atoms with E-state index in [2.05, 4.69) is 31.0 Å². The number of fused-ring (bicyclic) bond motifs is 2. The molecule has 18 heteroatoms. The number of carbonyl (C=O) groups is 2. The molecule has 1 fully saturated rings. The monoisotopic (exact) mass is 1110 g/mol. The van der Waals surface area contributed by atoms with E-state index in [0.29, 0.717) is 30.0 Å². The van der Waals surface area contributed by atoms with Crippen molar-refractivity contribution in [3.63, 3.8) is 0 Å². The molecular formula is C60H105N3O15. The van der Waals surface area contributed by atoms with Gasteiger partial charge in [-0.15, -0.1) is 0 Å². The first-order valence-corrected chi connectivity index (χ1v) is 29.0. The predicted octanol–water partition coefficient (Wildman–Crippen LogP) is 5.85. The third-order valence-electron chi connectivity index (χ3n) is 15.6. The minimum Gasteiger partial charge on any atom is -0.462 e. The summed E-state index contributed by atoms with van der Waals surface area (Å²) in [5.74, 6) is -4.91. The summed E-state index contributed by atoms with van der Waals surface area (Å²) < 4.78 is 18.1. The minimum absolute atomic E-state index is 0.0468. The smallest absolute Gasteiger partial charge is 0.334 e. The summed E-state index contributed by atoms with van der Waals surface area (Å²) in [4.78, 5) is 30.9. The number of esters is 2. The van der Waals surface area contributed by atoms with Gasteiger partial charge in [-0.1, -0.05) is 110 Å². The van der Waals surface area contributed by atoms with E-state index in [1.807, 2.05) is 19.9 Å². The van der Waals surface area contributed by atoms with Crippen LogP contribution < -0.4 is 11.5 Å². The fourth-order valence-corrected chi connectivity index (χ4v) is 10.1. The molecule has 18 atom stereocenters. The van der Waals surface area contributed by atoms with Crippen LogP contribution in [-0.4, -0.2) is 155 Å². The largest absolute Gasteiger partial charge is 0.462 e. The van der Waals surface area contributed by atoms with Gasteiger partial charge in [0.25, 0.3) is 0 Å². The number of aliphatic hydroxyl groups is 10. The molecule has 0 aromatic rings. The number of hydrogen-bond acceptors (Lipinski definition) is 16. The molecule has 0 aliphatic carbocycles. The molecule has 0 aromatic carbocycles. The van der Waals surface area contributed by atoms with Gasteiger partial charge in [0.15, 0.2) is 11.7 Å². The Bertz CT molecular complexity index is 1910. The van der Waals surface area contributed by atoms with Crippen LogP contribution in [0.4, 0.5) is 0 Å². The summed E-state index contributed by atoms with van der Waals surface area (Å²) in [6.07, 6.45) is 6.50. The van der Waals surface area contributed by atoms with E-state index in [0.717, 1.165) is 44.9 Å². The van der Waals surface area contributed by atoms with Gasteiger partial charge in [0.1, 0.15) is 18.3 Å². The SMILES string of the molecule is C/C1=C/C=C\[C@H](C)[C@@H](O)C[C@H](O)[C@@H](C)[C@H](O)CC[C@H](C)[C@@H](O)C[C@@]2(O)O[C@@H](C[C@@H](OC(=O)CCCCC(C)C)C[C@H](O)C[C@@H](O)C[C@H](O)/C(C)=C\C=C/[C@@H](C)[C@H]([C@@H](C)CCC/C=C/CCCN=C(N)N)OC1=O)C[C@@H](O)[C@@H]2O. The first kappa shape index (κ1) is 70.6. The lowest BCUT2D eigenvalue weighted by atomic mass is 9.84. The van der Waals surface area contributed by atoms with Gasteiger partial charge >= 0.3 is 11.9 Å². The summed E-state index contributed by atoms with van der Waals surface area (Å²) in [6, 6.07) is 0. The number of nitrogens with two attached hydrogens (primary N) is 2. The van der Waals surface area contributed by atoms with Crippen LogP contribution in [0.5, 0.6) is 0 Å². The van der Waals surface area contributed by atoms with E-state index in [1.54, 1.807) is 65.0 Å². The number of aliphatic imine (C=N–C) groups is 1. The maximum absolute atomic E-state index is 13.6. The number of ether oxygens (including phenoxy) is 3. The van der Waals surface area contributed by atoms with Crippen LogP contribution in [0.1, 0.15) is 178 Å². The van der Waals surface area contributed by atoms with E-state index < -0.39 is 115 Å². The molecular weight excluding hydrogens is 1000 g/mol. The van der Waals surface area contributed by atoms with Crippen LogP contribution in [0, 0.1) is 35.5 Å². The van der Waals surface area contributed by atoms with Crippen LogP contribution in [0.2, 0.25) is 0 Å². The van der Waals surface area contributed by atoms with E-state index >= 15 is 0 Å². The van der Waals surface area contributed by atoms with E-state index in [1.165, 1.54) is 0 Å². The lowest BCUT2D eigenvalue weighted by Gasteiger charge is -2.45. The number of allylic oxidation sites excluding steroid dienone is 6. The average molecular weight is 1110 g/mol. The molecule has 0 radical (unpaired) electrons. The van der Waals surface area contributed by atoms with E-state index in [-0.39, 0.29) is 75.6 Å². The Morgan fingerprint density at radius 3 is 2.05 bits per heavy atom. The highest BCUT2D eigenvalue weighted by Crippen LogP contribution is 2.36. The molecule has 0 unspecified atom stereocenters. The zero-order valence-electron chi connectivity index (χ0n) is 48.6. The summed E-state index contributed by atoms with van der Waals surface area (Å²) >= 11 is 0. The van der Waals surface area contributed by atoms with Crippen LogP contribution in [-0.2, 0) is 23.8 Å². The Kier molecular flexibility index (Phi) is 33.2. The summed E-state index contributed by atoms with van der Waals surface area (Å²) in [5.41, 5.74) is 11.7. The molecule has 0 spiro atoms. The Balaban J connectivity index is 2.45. The molecule has 78 heavy (non-hydrogen) atoms. The highest BCUT2D eigenvalue weighted by Gasteiger charge is 2.50. The quantitative estimate of drug-likeness (QED) is 0.0301. The molecule has 2 bridgehead atoms. The summed E-state index contributed by atoms with van der Waals surface area (Å²) in [5, 5.41) is 112. The molecule has 2 rings (SSSR count). The predicted molar refractivity (Wildman–Crippen MR) is 303 cm³/mol. The molecule has 450 valence electrons. The Labute approximate surface area is 466 Å². The number of nitrogens with zero attached hydrogens (tertiary/aromatic N) is 1. The normalized spacial score (nSPS) is 37.2. The van der Waals surface area contributed by atoms with E-state index in [9.17, 15) is 60.7 Å². The van der Waals surface area contributed by atoms with Gasteiger partial charge in [-0.25, -0.2) is 4.79 Å². The molecule has 0 amide bonds. The van der Waals surface area contributed by atoms with Gasteiger partial charge < -0.3 is 76.7 Å². The molecule has 0 aromatic heterocycles. The molecule has 0 saturated carbocycles. The van der Waals surface area contributed by atoms with Crippen molar-refractivity contribution in [2.75, 3.05) is 6.54 Å². The van der Waals surface area contributed by atoms with Crippen LogP contribution in [0.3, 0.4) is 0 Å². The second kappa shape index (κ2) is 36.7. The summed E-state index contributed by atoms with van der Waals surface area (Å²) in [6.45, 7) is 17.2. The van der Waals surface area contributed by atoms with Gasteiger partial charge in [-0.2, -0.15) is 0 Å². The van der Waals surface area contributed by atoms with Crippen LogP contribution >= 0.6 is 0 Å². The summed E-state index contributed by atoms with van der Waals surface area (Å²) in [7, 11) is 0.